The molecule has 1 unspecified atom stereocenters. The summed E-state index contributed by atoms with van der Waals surface area (Å²) < 4.78 is 0. The van der Waals surface area contributed by atoms with Crippen LogP contribution < -0.4 is 5.32 Å². The lowest BCUT2D eigenvalue weighted by Crippen LogP contribution is -2.28. The largest absolute Gasteiger partial charge is 0.351 e. The first-order valence-corrected chi connectivity index (χ1v) is 8.97. The minimum atomic E-state index is -0.107. The summed E-state index contributed by atoms with van der Waals surface area (Å²) in [5.74, 6) is -0.0389. The molecule has 0 radical (unpaired) electrons. The van der Waals surface area contributed by atoms with Gasteiger partial charge in [0.15, 0.2) is 0 Å². The van der Waals surface area contributed by atoms with Gasteiger partial charge >= 0.3 is 0 Å². The number of hydrogen-bond donors (Lipinski definition) is 1. The molecule has 0 saturated heterocycles. The third-order valence-electron chi connectivity index (χ3n) is 3.99. The van der Waals surface area contributed by atoms with E-state index in [0.29, 0.717) is 6.54 Å². The van der Waals surface area contributed by atoms with Crippen LogP contribution in [0.15, 0.2) is 66.2 Å². The highest BCUT2D eigenvalue weighted by molar-refractivity contribution is 7.13. The molecule has 1 atom stereocenters. The van der Waals surface area contributed by atoms with Gasteiger partial charge in [0.2, 0.25) is 5.91 Å². The van der Waals surface area contributed by atoms with E-state index < -0.39 is 0 Å². The van der Waals surface area contributed by atoms with Gasteiger partial charge in [0, 0.05) is 12.7 Å². The van der Waals surface area contributed by atoms with Gasteiger partial charge in [0.1, 0.15) is 0 Å². The molecule has 24 heavy (non-hydrogen) atoms. The van der Waals surface area contributed by atoms with E-state index in [2.05, 4.69) is 16.4 Å². The van der Waals surface area contributed by atoms with Crippen molar-refractivity contribution < 1.29 is 4.79 Å². The number of pyridine rings is 1. The van der Waals surface area contributed by atoms with Crippen LogP contribution in [-0.2, 0) is 11.3 Å². The van der Waals surface area contributed by atoms with E-state index in [-0.39, 0.29) is 11.8 Å². The Balaban J connectivity index is 1.67. The van der Waals surface area contributed by atoms with Crippen molar-refractivity contribution in [1.29, 1.82) is 0 Å². The fourth-order valence-corrected chi connectivity index (χ4v) is 3.41. The summed E-state index contributed by atoms with van der Waals surface area (Å²) in [5, 5.41) is 5.10. The Kier molecular flexibility index (Phi) is 5.39. The van der Waals surface area contributed by atoms with Crippen LogP contribution in [0.2, 0.25) is 0 Å². The molecule has 0 aliphatic heterocycles. The van der Waals surface area contributed by atoms with Gasteiger partial charge in [-0.05, 0) is 41.1 Å². The molecule has 4 heteroatoms. The van der Waals surface area contributed by atoms with Crippen molar-refractivity contribution in [2.24, 2.45) is 0 Å². The van der Waals surface area contributed by atoms with Gasteiger partial charge in [-0.1, -0.05) is 43.3 Å². The molecule has 1 N–H and O–H groups in total. The highest BCUT2D eigenvalue weighted by Crippen LogP contribution is 2.23. The van der Waals surface area contributed by atoms with Crippen molar-refractivity contribution in [2.45, 2.75) is 25.8 Å². The van der Waals surface area contributed by atoms with Crippen molar-refractivity contribution in [3.05, 3.63) is 77.3 Å². The van der Waals surface area contributed by atoms with E-state index >= 15 is 0 Å². The molecular weight excluding hydrogens is 316 g/mol. The van der Waals surface area contributed by atoms with E-state index in [9.17, 15) is 4.79 Å². The van der Waals surface area contributed by atoms with Crippen LogP contribution in [0.1, 0.15) is 30.4 Å². The second-order valence-corrected chi connectivity index (χ2v) is 6.56. The molecule has 0 aliphatic rings. The number of aromatic nitrogens is 1. The normalized spacial score (nSPS) is 11.9. The van der Waals surface area contributed by atoms with Crippen LogP contribution in [0.3, 0.4) is 0 Å². The van der Waals surface area contributed by atoms with E-state index in [1.807, 2.05) is 60.8 Å². The van der Waals surface area contributed by atoms with Crippen LogP contribution in [0, 0.1) is 0 Å². The first kappa shape index (κ1) is 16.4. The molecule has 3 nitrogen and oxygen atoms in total. The maximum Gasteiger partial charge on any atom is 0.227 e. The lowest BCUT2D eigenvalue weighted by Gasteiger charge is -2.15. The third-order valence-corrected chi connectivity index (χ3v) is 4.88. The van der Waals surface area contributed by atoms with Gasteiger partial charge in [-0.25, -0.2) is 0 Å². The van der Waals surface area contributed by atoms with E-state index in [1.54, 1.807) is 17.5 Å². The van der Waals surface area contributed by atoms with Crippen molar-refractivity contribution in [2.75, 3.05) is 0 Å². The summed E-state index contributed by atoms with van der Waals surface area (Å²) in [4.78, 5) is 18.1. The fourth-order valence-electron chi connectivity index (χ4n) is 2.71. The SMILES string of the molecule is CCC(C(=O)NCc1ccnc(-c2cccs2)c1)c1ccccc1. The molecule has 0 spiro atoms. The first-order chi connectivity index (χ1) is 11.8. The Bertz CT molecular complexity index is 784. The Hall–Kier alpha value is -2.46. The van der Waals surface area contributed by atoms with Crippen LogP contribution in [0.25, 0.3) is 10.6 Å². The lowest BCUT2D eigenvalue weighted by molar-refractivity contribution is -0.122. The number of benzene rings is 1. The second kappa shape index (κ2) is 7.88. The highest BCUT2D eigenvalue weighted by Gasteiger charge is 2.17. The third kappa shape index (κ3) is 3.89. The van der Waals surface area contributed by atoms with Gasteiger partial charge in [-0.3, -0.25) is 9.78 Å². The van der Waals surface area contributed by atoms with E-state index in [0.717, 1.165) is 28.1 Å². The quantitative estimate of drug-likeness (QED) is 0.713. The number of thiophene rings is 1. The summed E-state index contributed by atoms with van der Waals surface area (Å²) >= 11 is 1.67. The predicted molar refractivity (Wildman–Crippen MR) is 98.9 cm³/mol. The molecule has 3 rings (SSSR count). The Morgan fingerprint density at radius 1 is 1.17 bits per heavy atom. The molecule has 0 aliphatic carbocycles. The molecule has 1 amide bonds. The van der Waals surface area contributed by atoms with Crippen molar-refractivity contribution in [3.8, 4) is 10.6 Å². The smallest absolute Gasteiger partial charge is 0.227 e. The van der Waals surface area contributed by atoms with Gasteiger partial charge in [-0.2, -0.15) is 0 Å². The molecule has 2 heterocycles. The van der Waals surface area contributed by atoms with E-state index in [4.69, 9.17) is 0 Å². The average Bonchev–Trinajstić information content (AvgIpc) is 3.16. The summed E-state index contributed by atoms with van der Waals surface area (Å²) in [6.07, 6.45) is 2.58. The van der Waals surface area contributed by atoms with Gasteiger partial charge in [0.05, 0.1) is 16.5 Å². The molecule has 1 aromatic carbocycles. The Labute approximate surface area is 146 Å². The number of hydrogen-bond acceptors (Lipinski definition) is 3. The van der Waals surface area contributed by atoms with Gasteiger partial charge in [-0.15, -0.1) is 11.3 Å². The molecule has 122 valence electrons. The summed E-state index contributed by atoms with van der Waals surface area (Å²) in [6.45, 7) is 2.56. The van der Waals surface area contributed by atoms with Crippen LogP contribution >= 0.6 is 11.3 Å². The van der Waals surface area contributed by atoms with Crippen LogP contribution in [0.4, 0.5) is 0 Å². The zero-order chi connectivity index (χ0) is 16.8. The lowest BCUT2D eigenvalue weighted by atomic mass is 9.95. The number of carbonyl (C=O) groups is 1. The molecular formula is C20H20N2OS. The number of rotatable bonds is 6. The predicted octanol–water partition coefficient (Wildman–Crippen LogP) is 4.62. The van der Waals surface area contributed by atoms with Gasteiger partial charge < -0.3 is 5.32 Å². The fraction of sp³-hybridized carbons (Fsp3) is 0.200. The minimum absolute atomic E-state index is 0.0678. The molecule has 2 aromatic heterocycles. The number of amides is 1. The topological polar surface area (TPSA) is 42.0 Å². The average molecular weight is 336 g/mol. The van der Waals surface area contributed by atoms with Crippen molar-refractivity contribution in [1.82, 2.24) is 10.3 Å². The van der Waals surface area contributed by atoms with Crippen LogP contribution in [-0.4, -0.2) is 10.9 Å². The Morgan fingerprint density at radius 3 is 2.71 bits per heavy atom. The zero-order valence-corrected chi connectivity index (χ0v) is 14.4. The summed E-state index contributed by atoms with van der Waals surface area (Å²) in [7, 11) is 0. The summed E-state index contributed by atoms with van der Waals surface area (Å²) in [6, 6.07) is 18.0. The number of nitrogens with one attached hydrogen (secondary N) is 1. The maximum atomic E-state index is 12.5. The zero-order valence-electron chi connectivity index (χ0n) is 13.6. The number of carbonyl (C=O) groups excluding carboxylic acids is 1. The second-order valence-electron chi connectivity index (χ2n) is 5.62. The Morgan fingerprint density at radius 2 is 2.00 bits per heavy atom. The highest BCUT2D eigenvalue weighted by atomic mass is 32.1. The van der Waals surface area contributed by atoms with Crippen LogP contribution in [0.5, 0.6) is 0 Å². The number of nitrogens with zero attached hydrogens (tertiary/aromatic N) is 1. The molecule has 3 aromatic rings. The maximum absolute atomic E-state index is 12.5. The summed E-state index contributed by atoms with van der Waals surface area (Å²) in [5.41, 5.74) is 3.07. The minimum Gasteiger partial charge on any atom is -0.351 e. The monoisotopic (exact) mass is 336 g/mol. The standard InChI is InChI=1S/C20H20N2OS/c1-2-17(16-7-4-3-5-8-16)20(23)22-14-15-10-11-21-18(13-15)19-9-6-12-24-19/h3-13,17H,2,14H2,1H3,(H,22,23). The first-order valence-electron chi connectivity index (χ1n) is 8.09. The molecule has 0 bridgehead atoms. The van der Waals surface area contributed by atoms with E-state index in [1.165, 1.54) is 0 Å². The van der Waals surface area contributed by atoms with Gasteiger partial charge in [0.25, 0.3) is 0 Å². The van der Waals surface area contributed by atoms with Crippen molar-refractivity contribution in [3.63, 3.8) is 0 Å². The van der Waals surface area contributed by atoms with Crippen molar-refractivity contribution >= 4 is 17.2 Å². The molecule has 0 saturated carbocycles. The molecule has 0 fully saturated rings.